The predicted molar refractivity (Wildman–Crippen MR) is 105 cm³/mol. The smallest absolute Gasteiger partial charge is 0.287 e. The van der Waals surface area contributed by atoms with E-state index in [1.807, 2.05) is 43.7 Å². The second-order valence-corrected chi connectivity index (χ2v) is 6.43. The molecule has 3 rings (SSSR count). The first-order chi connectivity index (χ1) is 13.5. The van der Waals surface area contributed by atoms with Gasteiger partial charge in [0.2, 0.25) is 0 Å². The van der Waals surface area contributed by atoms with Crippen molar-refractivity contribution in [3.05, 3.63) is 65.4 Å². The second kappa shape index (κ2) is 8.65. The highest BCUT2D eigenvalue weighted by atomic mass is 16.5. The van der Waals surface area contributed by atoms with E-state index in [1.165, 1.54) is 0 Å². The Morgan fingerprint density at radius 3 is 2.79 bits per heavy atom. The van der Waals surface area contributed by atoms with Gasteiger partial charge in [-0.25, -0.2) is 0 Å². The summed E-state index contributed by atoms with van der Waals surface area (Å²) in [5, 5.41) is 7.27. The zero-order chi connectivity index (χ0) is 20.1. The Labute approximate surface area is 164 Å². The Morgan fingerprint density at radius 2 is 2.07 bits per heavy atom. The highest BCUT2D eigenvalue weighted by Crippen LogP contribution is 2.21. The van der Waals surface area contributed by atoms with Gasteiger partial charge in [-0.1, -0.05) is 6.07 Å². The molecule has 7 heteroatoms. The normalized spacial score (nSPS) is 11.9. The van der Waals surface area contributed by atoms with Crippen molar-refractivity contribution in [2.45, 2.75) is 40.0 Å². The van der Waals surface area contributed by atoms with E-state index < -0.39 is 0 Å². The topological polar surface area (TPSA) is 78.5 Å². The third-order valence-electron chi connectivity index (χ3n) is 4.56. The molecule has 0 aliphatic heterocycles. The van der Waals surface area contributed by atoms with Crippen LogP contribution in [0.15, 0.2) is 47.0 Å². The molecule has 1 amide bonds. The summed E-state index contributed by atoms with van der Waals surface area (Å²) < 4.78 is 18.4. The number of methoxy groups -OCH3 is 1. The number of rotatable bonds is 8. The molecule has 2 heterocycles. The molecule has 0 aliphatic rings. The van der Waals surface area contributed by atoms with Crippen LogP contribution in [-0.4, -0.2) is 22.8 Å². The number of hydrogen-bond donors (Lipinski definition) is 1. The van der Waals surface area contributed by atoms with Gasteiger partial charge in [0.15, 0.2) is 5.76 Å². The van der Waals surface area contributed by atoms with Gasteiger partial charge in [0.1, 0.15) is 23.9 Å². The lowest BCUT2D eigenvalue weighted by molar-refractivity contribution is 0.0907. The van der Waals surface area contributed by atoms with Crippen LogP contribution in [0.25, 0.3) is 0 Å². The summed E-state index contributed by atoms with van der Waals surface area (Å²) in [5.74, 6) is 1.92. The summed E-state index contributed by atoms with van der Waals surface area (Å²) >= 11 is 0. The lowest BCUT2D eigenvalue weighted by Gasteiger charge is -2.13. The SMILES string of the molecule is CCn1ncc(C(C)NC(=O)c2ccc(COc3cccc(OC)c3)o2)c1C. The molecule has 28 heavy (non-hydrogen) atoms. The minimum absolute atomic E-state index is 0.172. The van der Waals surface area contributed by atoms with Crippen molar-refractivity contribution in [3.8, 4) is 11.5 Å². The van der Waals surface area contributed by atoms with Gasteiger partial charge in [-0.05, 0) is 45.0 Å². The minimum atomic E-state index is -0.274. The fraction of sp³-hybridized carbons (Fsp3) is 0.333. The van der Waals surface area contributed by atoms with Gasteiger partial charge < -0.3 is 19.2 Å². The first-order valence-electron chi connectivity index (χ1n) is 9.20. The van der Waals surface area contributed by atoms with Gasteiger partial charge in [-0.15, -0.1) is 0 Å². The molecular weight excluding hydrogens is 358 g/mol. The number of aryl methyl sites for hydroxylation is 1. The average Bonchev–Trinajstić information content (AvgIpc) is 3.33. The summed E-state index contributed by atoms with van der Waals surface area (Å²) in [6, 6.07) is 10.5. The van der Waals surface area contributed by atoms with Crippen LogP contribution in [0, 0.1) is 6.92 Å². The van der Waals surface area contributed by atoms with Crippen LogP contribution in [0.4, 0.5) is 0 Å². The molecular formula is C21H25N3O4. The number of carbonyl (C=O) groups excluding carboxylic acids is 1. The molecule has 0 saturated heterocycles. The molecule has 2 aromatic heterocycles. The first-order valence-corrected chi connectivity index (χ1v) is 9.20. The molecule has 0 saturated carbocycles. The van der Waals surface area contributed by atoms with E-state index in [9.17, 15) is 4.79 Å². The highest BCUT2D eigenvalue weighted by molar-refractivity contribution is 5.91. The van der Waals surface area contributed by atoms with Crippen molar-refractivity contribution in [3.63, 3.8) is 0 Å². The number of nitrogens with one attached hydrogen (secondary N) is 1. The van der Waals surface area contributed by atoms with E-state index in [4.69, 9.17) is 13.9 Å². The molecule has 3 aromatic rings. The van der Waals surface area contributed by atoms with Gasteiger partial charge in [0.05, 0.1) is 19.3 Å². The Hall–Kier alpha value is -3.22. The fourth-order valence-electron chi connectivity index (χ4n) is 2.97. The molecule has 7 nitrogen and oxygen atoms in total. The van der Waals surface area contributed by atoms with Gasteiger partial charge in [0, 0.05) is 23.9 Å². The zero-order valence-corrected chi connectivity index (χ0v) is 16.6. The molecule has 148 valence electrons. The lowest BCUT2D eigenvalue weighted by Crippen LogP contribution is -2.26. The second-order valence-electron chi connectivity index (χ2n) is 6.43. The van der Waals surface area contributed by atoms with E-state index in [1.54, 1.807) is 31.5 Å². The number of amides is 1. The monoisotopic (exact) mass is 383 g/mol. The van der Waals surface area contributed by atoms with E-state index in [0.29, 0.717) is 17.3 Å². The molecule has 0 aliphatic carbocycles. The maximum absolute atomic E-state index is 12.5. The molecule has 1 N–H and O–H groups in total. The van der Waals surface area contributed by atoms with Crippen LogP contribution < -0.4 is 14.8 Å². The molecule has 1 atom stereocenters. The highest BCUT2D eigenvalue weighted by Gasteiger charge is 2.18. The van der Waals surface area contributed by atoms with Crippen LogP contribution >= 0.6 is 0 Å². The van der Waals surface area contributed by atoms with Crippen molar-refractivity contribution in [2.24, 2.45) is 0 Å². The number of ether oxygens (including phenoxy) is 2. The van der Waals surface area contributed by atoms with Gasteiger partial charge in [-0.2, -0.15) is 5.10 Å². The summed E-state index contributed by atoms with van der Waals surface area (Å²) in [4.78, 5) is 12.5. The quantitative estimate of drug-likeness (QED) is 0.639. The average molecular weight is 383 g/mol. The number of aromatic nitrogens is 2. The van der Waals surface area contributed by atoms with Gasteiger partial charge in [0.25, 0.3) is 5.91 Å². The summed E-state index contributed by atoms with van der Waals surface area (Å²) in [7, 11) is 1.60. The molecule has 1 unspecified atom stereocenters. The van der Waals surface area contributed by atoms with Crippen molar-refractivity contribution in [1.29, 1.82) is 0 Å². The summed E-state index contributed by atoms with van der Waals surface area (Å²) in [5.41, 5.74) is 2.03. The van der Waals surface area contributed by atoms with Crippen LogP contribution in [0.2, 0.25) is 0 Å². The van der Waals surface area contributed by atoms with Crippen molar-refractivity contribution in [1.82, 2.24) is 15.1 Å². The van der Waals surface area contributed by atoms with Gasteiger partial charge >= 0.3 is 0 Å². The number of carbonyl (C=O) groups is 1. The Balaban J connectivity index is 1.59. The van der Waals surface area contributed by atoms with Crippen LogP contribution in [0.3, 0.4) is 0 Å². The third-order valence-corrected chi connectivity index (χ3v) is 4.56. The fourth-order valence-corrected chi connectivity index (χ4v) is 2.97. The third kappa shape index (κ3) is 4.36. The number of furan rings is 1. The van der Waals surface area contributed by atoms with E-state index in [0.717, 1.165) is 17.8 Å². The molecule has 0 bridgehead atoms. The molecule has 0 spiro atoms. The molecule has 0 radical (unpaired) electrons. The maximum Gasteiger partial charge on any atom is 0.287 e. The largest absolute Gasteiger partial charge is 0.497 e. The Bertz CT molecular complexity index is 945. The first kappa shape index (κ1) is 19.5. The maximum atomic E-state index is 12.5. The van der Waals surface area contributed by atoms with E-state index in [2.05, 4.69) is 10.4 Å². The Morgan fingerprint density at radius 1 is 1.29 bits per heavy atom. The molecule has 0 fully saturated rings. The minimum Gasteiger partial charge on any atom is -0.497 e. The van der Waals surface area contributed by atoms with E-state index in [-0.39, 0.29) is 24.3 Å². The summed E-state index contributed by atoms with van der Waals surface area (Å²) in [6.45, 7) is 6.97. The number of benzene rings is 1. The van der Waals surface area contributed by atoms with Crippen molar-refractivity contribution in [2.75, 3.05) is 7.11 Å². The zero-order valence-electron chi connectivity index (χ0n) is 16.6. The van der Waals surface area contributed by atoms with Crippen LogP contribution in [-0.2, 0) is 13.2 Å². The number of nitrogens with zero attached hydrogens (tertiary/aromatic N) is 2. The standard InChI is InChI=1S/C21H25N3O4/c1-5-24-15(3)19(12-22-24)14(2)23-21(25)20-10-9-18(28-20)13-27-17-8-6-7-16(11-17)26-4/h6-12,14H,5,13H2,1-4H3,(H,23,25). The van der Waals surface area contributed by atoms with Crippen molar-refractivity contribution < 1.29 is 18.7 Å². The van der Waals surface area contributed by atoms with Crippen LogP contribution in [0.5, 0.6) is 11.5 Å². The summed E-state index contributed by atoms with van der Waals surface area (Å²) in [6.07, 6.45) is 1.79. The Kier molecular flexibility index (Phi) is 6.03. The van der Waals surface area contributed by atoms with Gasteiger partial charge in [-0.3, -0.25) is 9.48 Å². The predicted octanol–water partition coefficient (Wildman–Crippen LogP) is 3.88. The van der Waals surface area contributed by atoms with Crippen LogP contribution in [0.1, 0.15) is 47.5 Å². The lowest BCUT2D eigenvalue weighted by atomic mass is 10.1. The van der Waals surface area contributed by atoms with Crippen molar-refractivity contribution >= 4 is 5.91 Å². The van der Waals surface area contributed by atoms with E-state index >= 15 is 0 Å². The molecule has 1 aromatic carbocycles. The number of hydrogen-bond acceptors (Lipinski definition) is 5.